The van der Waals surface area contributed by atoms with E-state index in [1.165, 1.54) is 12.1 Å². The van der Waals surface area contributed by atoms with E-state index in [1.807, 2.05) is 43.3 Å². The van der Waals surface area contributed by atoms with E-state index in [2.05, 4.69) is 45.5 Å². The van der Waals surface area contributed by atoms with E-state index in [0.29, 0.717) is 5.69 Å². The molecule has 0 spiro atoms. The zero-order chi connectivity index (χ0) is 31.3. The first-order chi connectivity index (χ1) is 21.1. The Balaban J connectivity index is 1.54. The quantitative estimate of drug-likeness (QED) is 0.217. The first kappa shape index (κ1) is 30.7. The van der Waals surface area contributed by atoms with Crippen molar-refractivity contribution in [3.05, 3.63) is 102 Å². The highest BCUT2D eigenvalue weighted by atomic mass is 19.4. The monoisotopic (exact) mass is 600 g/mol. The average Bonchev–Trinajstić information content (AvgIpc) is 3.01. The van der Waals surface area contributed by atoms with Gasteiger partial charge in [-0.15, -0.1) is 0 Å². The maximum Gasteiger partial charge on any atom is 0.416 e. The molecular formula is C34H35F3N6O. The van der Waals surface area contributed by atoms with Crippen molar-refractivity contribution in [1.82, 2.24) is 14.9 Å². The van der Waals surface area contributed by atoms with Crippen molar-refractivity contribution in [1.29, 1.82) is 0 Å². The number of piperazine rings is 1. The van der Waals surface area contributed by atoms with E-state index < -0.39 is 17.6 Å². The molecule has 2 aromatic carbocycles. The van der Waals surface area contributed by atoms with Crippen LogP contribution in [0.5, 0.6) is 0 Å². The summed E-state index contributed by atoms with van der Waals surface area (Å²) in [6.07, 6.45) is 3.92. The van der Waals surface area contributed by atoms with Crippen LogP contribution < -0.4 is 15.5 Å². The van der Waals surface area contributed by atoms with Gasteiger partial charge in [-0.3, -0.25) is 14.8 Å². The number of aromatic nitrogens is 2. The molecule has 228 valence electrons. The number of hydrogen-bond donors (Lipinski definition) is 2. The van der Waals surface area contributed by atoms with Gasteiger partial charge in [0.2, 0.25) is 0 Å². The Bertz CT molecular complexity index is 1650. The number of nitrogens with zero attached hydrogens (tertiary/aromatic N) is 4. The molecule has 5 rings (SSSR count). The molecule has 2 N–H and O–H groups in total. The number of likely N-dealkylation sites (N-methyl/N-ethyl adjacent to an activating group) is 1. The summed E-state index contributed by atoms with van der Waals surface area (Å²) in [6.45, 7) is 7.47. The summed E-state index contributed by atoms with van der Waals surface area (Å²) in [6, 6.07) is 15.8. The van der Waals surface area contributed by atoms with E-state index >= 15 is 0 Å². The van der Waals surface area contributed by atoms with Gasteiger partial charge in [-0.05, 0) is 75.0 Å². The third kappa shape index (κ3) is 7.26. The van der Waals surface area contributed by atoms with E-state index in [0.717, 1.165) is 84.3 Å². The van der Waals surface area contributed by atoms with Crippen LogP contribution in [0.1, 0.15) is 40.5 Å². The number of carbonyl (C=O) groups is 1. The maximum absolute atomic E-state index is 13.3. The summed E-state index contributed by atoms with van der Waals surface area (Å²) in [5.41, 5.74) is 5.47. The molecule has 2 aromatic heterocycles. The SMILES string of the molecule is CC/C=C\c1c(Nc2cc(NC(=O)c3cccc(C(F)(F)F)c3)ccc2N2CCN(C)CC2)cc(-c2cccnc2)nc1C. The highest BCUT2D eigenvalue weighted by molar-refractivity contribution is 6.05. The Kier molecular flexibility index (Phi) is 9.29. The van der Waals surface area contributed by atoms with Crippen LogP contribution in [0.2, 0.25) is 0 Å². The molecule has 0 atom stereocenters. The predicted octanol–water partition coefficient (Wildman–Crippen LogP) is 7.64. The van der Waals surface area contributed by atoms with Crippen LogP contribution >= 0.6 is 0 Å². The molecule has 1 aliphatic rings. The van der Waals surface area contributed by atoms with Gasteiger partial charge in [0.1, 0.15) is 0 Å². The topological polar surface area (TPSA) is 73.4 Å². The number of alkyl halides is 3. The summed E-state index contributed by atoms with van der Waals surface area (Å²) < 4.78 is 39.8. The van der Waals surface area contributed by atoms with Crippen molar-refractivity contribution in [3.8, 4) is 11.3 Å². The summed E-state index contributed by atoms with van der Waals surface area (Å²) in [4.78, 5) is 26.7. The predicted molar refractivity (Wildman–Crippen MR) is 170 cm³/mol. The lowest BCUT2D eigenvalue weighted by Gasteiger charge is -2.35. The molecule has 0 radical (unpaired) electrons. The van der Waals surface area contributed by atoms with Crippen LogP contribution in [0, 0.1) is 6.92 Å². The number of aryl methyl sites for hydroxylation is 1. The highest BCUT2D eigenvalue weighted by Gasteiger charge is 2.31. The fraction of sp³-hybridized carbons (Fsp3) is 0.265. The number of anilines is 4. The van der Waals surface area contributed by atoms with Gasteiger partial charge in [0, 0.05) is 72.3 Å². The van der Waals surface area contributed by atoms with Crippen LogP contribution in [0.3, 0.4) is 0 Å². The second kappa shape index (κ2) is 13.3. The first-order valence-corrected chi connectivity index (χ1v) is 14.5. The molecule has 44 heavy (non-hydrogen) atoms. The molecule has 0 aliphatic carbocycles. The number of rotatable bonds is 8. The lowest BCUT2D eigenvalue weighted by Crippen LogP contribution is -2.44. The largest absolute Gasteiger partial charge is 0.416 e. The van der Waals surface area contributed by atoms with Gasteiger partial charge >= 0.3 is 6.18 Å². The minimum atomic E-state index is -4.54. The van der Waals surface area contributed by atoms with Gasteiger partial charge < -0.3 is 20.4 Å². The van der Waals surface area contributed by atoms with Crippen LogP contribution in [0.15, 0.2) is 79.1 Å². The van der Waals surface area contributed by atoms with E-state index in [1.54, 1.807) is 18.5 Å². The van der Waals surface area contributed by atoms with Crippen LogP contribution in [-0.4, -0.2) is 54.0 Å². The fourth-order valence-corrected chi connectivity index (χ4v) is 5.12. The fourth-order valence-electron chi connectivity index (χ4n) is 5.12. The number of carbonyl (C=O) groups excluding carboxylic acids is 1. The molecular weight excluding hydrogens is 565 g/mol. The van der Waals surface area contributed by atoms with E-state index in [-0.39, 0.29) is 5.56 Å². The standard InChI is InChI=1S/C34H35F3N6O/c1-4-5-11-28-23(2)39-29(25-9-7-14-38-22-25)21-30(28)41-31-20-27(12-13-32(31)43-17-15-42(3)16-18-43)40-33(44)24-8-6-10-26(19-24)34(35,36)37/h5-14,19-22H,4,15-18H2,1-3H3,(H,39,41)(H,40,44)/b11-5-. The number of halogens is 3. The molecule has 0 unspecified atom stereocenters. The number of allylic oxidation sites excluding steroid dienone is 1. The number of nitrogens with one attached hydrogen (secondary N) is 2. The summed E-state index contributed by atoms with van der Waals surface area (Å²) in [7, 11) is 2.09. The molecule has 0 saturated carbocycles. The van der Waals surface area contributed by atoms with Crippen LogP contribution in [0.25, 0.3) is 17.3 Å². The van der Waals surface area contributed by atoms with Crippen LogP contribution in [0.4, 0.5) is 35.9 Å². The van der Waals surface area contributed by atoms with Gasteiger partial charge in [0.15, 0.2) is 0 Å². The van der Waals surface area contributed by atoms with E-state index in [9.17, 15) is 18.0 Å². The third-order valence-electron chi connectivity index (χ3n) is 7.55. The Morgan fingerprint density at radius 1 is 1.00 bits per heavy atom. The molecule has 0 bridgehead atoms. The molecule has 7 nitrogen and oxygen atoms in total. The van der Waals surface area contributed by atoms with Crippen molar-refractivity contribution in [3.63, 3.8) is 0 Å². The average molecular weight is 601 g/mol. The summed E-state index contributed by atoms with van der Waals surface area (Å²) in [5.74, 6) is -0.625. The minimum absolute atomic E-state index is 0.0738. The van der Waals surface area contributed by atoms with Crippen molar-refractivity contribution in [2.45, 2.75) is 26.4 Å². The lowest BCUT2D eigenvalue weighted by atomic mass is 10.1. The Morgan fingerprint density at radius 3 is 2.50 bits per heavy atom. The van der Waals surface area contributed by atoms with Gasteiger partial charge in [-0.25, -0.2) is 0 Å². The normalized spacial score (nSPS) is 14.2. The zero-order valence-corrected chi connectivity index (χ0v) is 24.9. The van der Waals surface area contributed by atoms with Gasteiger partial charge in [0.05, 0.1) is 22.6 Å². The third-order valence-corrected chi connectivity index (χ3v) is 7.55. The highest BCUT2D eigenvalue weighted by Crippen LogP contribution is 2.36. The Morgan fingerprint density at radius 2 is 1.80 bits per heavy atom. The molecule has 10 heteroatoms. The Labute approximate surface area is 255 Å². The lowest BCUT2D eigenvalue weighted by molar-refractivity contribution is -0.137. The molecule has 1 fully saturated rings. The van der Waals surface area contributed by atoms with Crippen LogP contribution in [-0.2, 0) is 6.18 Å². The first-order valence-electron chi connectivity index (χ1n) is 14.5. The Hall–Kier alpha value is -4.70. The number of amides is 1. The summed E-state index contributed by atoms with van der Waals surface area (Å²) in [5, 5.41) is 6.42. The van der Waals surface area contributed by atoms with E-state index in [4.69, 9.17) is 4.98 Å². The molecule has 4 aromatic rings. The summed E-state index contributed by atoms with van der Waals surface area (Å²) >= 11 is 0. The smallest absolute Gasteiger partial charge is 0.367 e. The van der Waals surface area contributed by atoms with Crippen molar-refractivity contribution in [2.75, 3.05) is 48.8 Å². The molecule has 1 saturated heterocycles. The molecule has 3 heterocycles. The van der Waals surface area contributed by atoms with Gasteiger partial charge in [-0.1, -0.05) is 25.1 Å². The molecule has 1 aliphatic heterocycles. The second-order valence-corrected chi connectivity index (χ2v) is 10.8. The van der Waals surface area contributed by atoms with Gasteiger partial charge in [0.25, 0.3) is 5.91 Å². The van der Waals surface area contributed by atoms with Crippen molar-refractivity contribution >= 4 is 34.7 Å². The second-order valence-electron chi connectivity index (χ2n) is 10.8. The number of benzene rings is 2. The van der Waals surface area contributed by atoms with Crippen molar-refractivity contribution < 1.29 is 18.0 Å². The van der Waals surface area contributed by atoms with Crippen molar-refractivity contribution in [2.24, 2.45) is 0 Å². The zero-order valence-electron chi connectivity index (χ0n) is 24.9. The maximum atomic E-state index is 13.3. The minimum Gasteiger partial charge on any atom is -0.367 e. The molecule has 1 amide bonds. The number of pyridine rings is 2. The number of hydrogen-bond acceptors (Lipinski definition) is 6. The van der Waals surface area contributed by atoms with Gasteiger partial charge in [-0.2, -0.15) is 13.2 Å².